The Balaban J connectivity index is 2.63. The van der Waals surface area contributed by atoms with E-state index in [1.165, 1.54) is 0 Å². The minimum atomic E-state index is -0.510. The molecule has 0 amide bonds. The largest absolute Gasteiger partial charge is 0.392 e. The van der Waals surface area contributed by atoms with Gasteiger partial charge in [-0.3, -0.25) is 4.79 Å². The molecule has 0 heterocycles. The summed E-state index contributed by atoms with van der Waals surface area (Å²) in [6.07, 6.45) is 0.813. The molecule has 0 aliphatic heterocycles. The van der Waals surface area contributed by atoms with Gasteiger partial charge in [0, 0.05) is 11.4 Å². The maximum atomic E-state index is 10.3. The van der Waals surface area contributed by atoms with E-state index in [-0.39, 0.29) is 5.88 Å². The number of aliphatic hydroxyl groups is 1. The van der Waals surface area contributed by atoms with Crippen LogP contribution >= 0.6 is 11.6 Å². The van der Waals surface area contributed by atoms with Crippen molar-refractivity contribution in [1.82, 2.24) is 0 Å². The summed E-state index contributed by atoms with van der Waals surface area (Å²) in [6, 6.07) is 7.09. The molecule has 13 heavy (non-hydrogen) atoms. The monoisotopic (exact) mass is 198 g/mol. The van der Waals surface area contributed by atoms with Crippen molar-refractivity contribution in [2.45, 2.75) is 12.5 Å². The molecule has 0 aliphatic rings. The molecule has 0 saturated carbocycles. The Morgan fingerprint density at radius 3 is 2.46 bits per heavy atom. The van der Waals surface area contributed by atoms with Gasteiger partial charge in [0.1, 0.15) is 6.29 Å². The number of carbonyl (C=O) groups excluding carboxylic acids is 1. The average molecular weight is 199 g/mol. The van der Waals surface area contributed by atoms with Crippen LogP contribution in [0, 0.1) is 0 Å². The second-order valence-electron chi connectivity index (χ2n) is 2.87. The third-order valence-electron chi connectivity index (χ3n) is 1.77. The maximum Gasteiger partial charge on any atom is 0.150 e. The zero-order valence-electron chi connectivity index (χ0n) is 7.11. The molecule has 1 rings (SSSR count). The summed E-state index contributed by atoms with van der Waals surface area (Å²) in [7, 11) is 0. The summed E-state index contributed by atoms with van der Waals surface area (Å²) >= 11 is 5.45. The second kappa shape index (κ2) is 5.00. The number of hydrogen-bond acceptors (Lipinski definition) is 2. The van der Waals surface area contributed by atoms with Gasteiger partial charge in [0.05, 0.1) is 6.10 Å². The van der Waals surface area contributed by atoms with Crippen LogP contribution in [0.4, 0.5) is 0 Å². The minimum Gasteiger partial charge on any atom is -0.392 e. The summed E-state index contributed by atoms with van der Waals surface area (Å²) < 4.78 is 0. The Kier molecular flexibility index (Phi) is 3.93. The van der Waals surface area contributed by atoms with Crippen molar-refractivity contribution in [2.24, 2.45) is 0 Å². The average Bonchev–Trinajstić information content (AvgIpc) is 2.19. The van der Waals surface area contributed by atoms with Gasteiger partial charge in [0.25, 0.3) is 0 Å². The van der Waals surface area contributed by atoms with Crippen LogP contribution in [0.1, 0.15) is 15.9 Å². The van der Waals surface area contributed by atoms with Gasteiger partial charge < -0.3 is 5.11 Å². The molecule has 0 aliphatic carbocycles. The van der Waals surface area contributed by atoms with Crippen molar-refractivity contribution in [3.05, 3.63) is 35.4 Å². The second-order valence-corrected chi connectivity index (χ2v) is 3.18. The Bertz CT molecular complexity index is 269. The van der Waals surface area contributed by atoms with E-state index >= 15 is 0 Å². The fourth-order valence-corrected chi connectivity index (χ4v) is 1.17. The number of hydrogen-bond donors (Lipinski definition) is 1. The highest BCUT2D eigenvalue weighted by atomic mass is 35.5. The van der Waals surface area contributed by atoms with Crippen LogP contribution in [0.3, 0.4) is 0 Å². The molecule has 1 unspecified atom stereocenters. The molecule has 0 saturated heterocycles. The Morgan fingerprint density at radius 1 is 1.38 bits per heavy atom. The Hall–Kier alpha value is -0.860. The number of rotatable bonds is 4. The van der Waals surface area contributed by atoms with Crippen LogP contribution in [0.2, 0.25) is 0 Å². The van der Waals surface area contributed by atoms with Crippen molar-refractivity contribution in [2.75, 3.05) is 5.88 Å². The van der Waals surface area contributed by atoms with Crippen molar-refractivity contribution in [3.8, 4) is 0 Å². The van der Waals surface area contributed by atoms with Gasteiger partial charge in [-0.25, -0.2) is 0 Å². The predicted octanol–water partition coefficient (Wildman–Crippen LogP) is 1.64. The van der Waals surface area contributed by atoms with Crippen molar-refractivity contribution in [3.63, 3.8) is 0 Å². The van der Waals surface area contributed by atoms with E-state index in [9.17, 15) is 9.90 Å². The molecule has 0 bridgehead atoms. The van der Waals surface area contributed by atoms with E-state index in [0.29, 0.717) is 12.0 Å². The summed E-state index contributed by atoms with van der Waals surface area (Å²) in [6.45, 7) is 0. The van der Waals surface area contributed by atoms with Crippen LogP contribution in [-0.2, 0) is 6.42 Å². The zero-order chi connectivity index (χ0) is 9.68. The van der Waals surface area contributed by atoms with Gasteiger partial charge >= 0.3 is 0 Å². The van der Waals surface area contributed by atoms with Crippen LogP contribution in [-0.4, -0.2) is 23.4 Å². The predicted molar refractivity (Wildman–Crippen MR) is 52.3 cm³/mol. The zero-order valence-corrected chi connectivity index (χ0v) is 7.87. The third kappa shape index (κ3) is 3.17. The molecule has 1 atom stereocenters. The van der Waals surface area contributed by atoms with Crippen LogP contribution in [0.5, 0.6) is 0 Å². The van der Waals surface area contributed by atoms with Crippen LogP contribution in [0.25, 0.3) is 0 Å². The maximum absolute atomic E-state index is 10.3. The number of halogens is 1. The quantitative estimate of drug-likeness (QED) is 0.590. The Labute approximate surface area is 82.2 Å². The van der Waals surface area contributed by atoms with E-state index in [1.807, 2.05) is 12.1 Å². The topological polar surface area (TPSA) is 37.3 Å². The lowest BCUT2D eigenvalue weighted by Gasteiger charge is -2.05. The standard InChI is InChI=1S/C10H11ClO2/c11-6-10(13)5-8-1-3-9(7-12)4-2-8/h1-4,7,10,13H,5-6H2. The molecule has 1 N–H and O–H groups in total. The molecule has 2 nitrogen and oxygen atoms in total. The van der Waals surface area contributed by atoms with Crippen molar-refractivity contribution >= 4 is 17.9 Å². The number of alkyl halides is 1. The molecular weight excluding hydrogens is 188 g/mol. The number of carbonyl (C=O) groups is 1. The molecule has 1 aromatic carbocycles. The fraction of sp³-hybridized carbons (Fsp3) is 0.300. The van der Waals surface area contributed by atoms with Crippen molar-refractivity contribution in [1.29, 1.82) is 0 Å². The van der Waals surface area contributed by atoms with Crippen LogP contribution in [0.15, 0.2) is 24.3 Å². The molecule has 1 aromatic rings. The summed E-state index contributed by atoms with van der Waals surface area (Å²) in [5.74, 6) is 0.232. The van der Waals surface area contributed by atoms with E-state index in [1.54, 1.807) is 12.1 Å². The molecular formula is C10H11ClO2. The van der Waals surface area contributed by atoms with Gasteiger partial charge in [0.2, 0.25) is 0 Å². The molecule has 0 aromatic heterocycles. The van der Waals surface area contributed by atoms with Crippen LogP contribution < -0.4 is 0 Å². The lowest BCUT2D eigenvalue weighted by molar-refractivity contribution is 0.112. The van der Waals surface area contributed by atoms with E-state index < -0.39 is 6.10 Å². The van der Waals surface area contributed by atoms with Crippen molar-refractivity contribution < 1.29 is 9.90 Å². The lowest BCUT2D eigenvalue weighted by atomic mass is 10.1. The fourth-order valence-electron chi connectivity index (χ4n) is 1.06. The molecule has 0 fully saturated rings. The molecule has 0 spiro atoms. The van der Waals surface area contributed by atoms with Gasteiger partial charge in [-0.1, -0.05) is 24.3 Å². The first-order chi connectivity index (χ1) is 6.26. The van der Waals surface area contributed by atoms with Gasteiger partial charge in [-0.05, 0) is 12.0 Å². The molecule has 70 valence electrons. The van der Waals surface area contributed by atoms with E-state index in [0.717, 1.165) is 11.8 Å². The van der Waals surface area contributed by atoms with E-state index in [4.69, 9.17) is 11.6 Å². The smallest absolute Gasteiger partial charge is 0.150 e. The third-order valence-corrected chi connectivity index (χ3v) is 2.12. The molecule has 0 radical (unpaired) electrons. The summed E-state index contributed by atoms with van der Waals surface area (Å²) in [5, 5.41) is 9.24. The van der Waals surface area contributed by atoms with E-state index in [2.05, 4.69) is 0 Å². The number of benzene rings is 1. The Morgan fingerprint density at radius 2 is 2.00 bits per heavy atom. The normalized spacial score (nSPS) is 12.5. The minimum absolute atomic E-state index is 0.232. The first kappa shape index (κ1) is 10.2. The molecule has 3 heteroatoms. The number of aliphatic hydroxyl groups excluding tert-OH is 1. The lowest BCUT2D eigenvalue weighted by Crippen LogP contribution is -2.11. The first-order valence-corrected chi connectivity index (χ1v) is 4.58. The van der Waals surface area contributed by atoms with Gasteiger partial charge in [0.15, 0.2) is 0 Å². The summed E-state index contributed by atoms with van der Waals surface area (Å²) in [4.78, 5) is 10.3. The van der Waals surface area contributed by atoms with Gasteiger partial charge in [-0.2, -0.15) is 0 Å². The highest BCUT2D eigenvalue weighted by molar-refractivity contribution is 6.18. The highest BCUT2D eigenvalue weighted by Gasteiger charge is 2.02. The van der Waals surface area contributed by atoms with Gasteiger partial charge in [-0.15, -0.1) is 11.6 Å². The number of aldehydes is 1. The first-order valence-electron chi connectivity index (χ1n) is 4.04. The SMILES string of the molecule is O=Cc1ccc(CC(O)CCl)cc1. The summed E-state index contributed by atoms with van der Waals surface area (Å²) in [5.41, 5.74) is 1.63. The highest BCUT2D eigenvalue weighted by Crippen LogP contribution is 2.06.